The highest BCUT2D eigenvalue weighted by Gasteiger charge is 2.37. The van der Waals surface area contributed by atoms with Gasteiger partial charge in [-0.05, 0) is 49.4 Å². The molecule has 2 heterocycles. The van der Waals surface area contributed by atoms with Crippen LogP contribution in [0.4, 0.5) is 15.8 Å². The van der Waals surface area contributed by atoms with E-state index < -0.39 is 26.7 Å². The van der Waals surface area contributed by atoms with Gasteiger partial charge in [-0.15, -0.1) is 0 Å². The summed E-state index contributed by atoms with van der Waals surface area (Å²) in [5.74, 6) is -1.29. The number of aryl methyl sites for hydroxylation is 1. The van der Waals surface area contributed by atoms with E-state index in [1.807, 2.05) is 6.07 Å². The monoisotopic (exact) mass is 447 g/mol. The zero-order chi connectivity index (χ0) is 22.2. The fourth-order valence-corrected chi connectivity index (χ4v) is 5.82. The molecule has 2 aromatic carbocycles. The van der Waals surface area contributed by atoms with Gasteiger partial charge in [-0.25, -0.2) is 12.8 Å². The van der Waals surface area contributed by atoms with Crippen molar-refractivity contribution in [3.8, 4) is 0 Å². The first-order valence-electron chi connectivity index (χ1n) is 10.1. The first kappa shape index (κ1) is 21.4. The minimum absolute atomic E-state index is 0.00155. The molecule has 2 aliphatic rings. The Bertz CT molecular complexity index is 1120. The van der Waals surface area contributed by atoms with Crippen molar-refractivity contribution >= 4 is 27.3 Å². The number of para-hydroxylation sites is 1. The molecule has 1 fully saturated rings. The molecule has 164 valence electrons. The molecule has 0 N–H and O–H groups in total. The third-order valence-electron chi connectivity index (χ3n) is 5.85. The number of piperidine rings is 1. The van der Waals surface area contributed by atoms with E-state index in [2.05, 4.69) is 0 Å². The molecule has 4 rings (SSSR count). The van der Waals surface area contributed by atoms with E-state index in [0.717, 1.165) is 24.1 Å². The van der Waals surface area contributed by atoms with E-state index in [0.29, 0.717) is 31.5 Å². The largest absolute Gasteiger partial charge is 0.309 e. The third kappa shape index (κ3) is 4.05. The summed E-state index contributed by atoms with van der Waals surface area (Å²) in [6, 6.07) is 9.46. The van der Waals surface area contributed by atoms with Crippen molar-refractivity contribution in [2.24, 2.45) is 5.92 Å². The fraction of sp³-hybridized carbons (Fsp3) is 0.381. The van der Waals surface area contributed by atoms with Gasteiger partial charge in [0.1, 0.15) is 5.82 Å². The Morgan fingerprint density at radius 2 is 1.84 bits per heavy atom. The van der Waals surface area contributed by atoms with Gasteiger partial charge in [0.2, 0.25) is 15.9 Å². The molecular formula is C21H22FN3O5S. The summed E-state index contributed by atoms with van der Waals surface area (Å²) in [5.41, 5.74) is 0.885. The van der Waals surface area contributed by atoms with Crippen molar-refractivity contribution in [1.82, 2.24) is 4.31 Å². The smallest absolute Gasteiger partial charge is 0.269 e. The summed E-state index contributed by atoms with van der Waals surface area (Å²) >= 11 is 0. The Hall–Kier alpha value is -2.85. The molecule has 0 aliphatic carbocycles. The molecule has 0 radical (unpaired) electrons. The number of nitrogens with zero attached hydrogens (tertiary/aromatic N) is 3. The fourth-order valence-electron chi connectivity index (χ4n) is 4.30. The van der Waals surface area contributed by atoms with Gasteiger partial charge < -0.3 is 4.90 Å². The number of halogens is 1. The summed E-state index contributed by atoms with van der Waals surface area (Å²) in [7, 11) is -3.90. The molecule has 1 unspecified atom stereocenters. The SMILES string of the molecule is O=C(C1CCCN(S(=O)(=O)c2ccc([N+](=O)[O-])cc2)C1)N1CCCc2cccc(F)c21. The van der Waals surface area contributed by atoms with Gasteiger partial charge in [-0.1, -0.05) is 12.1 Å². The summed E-state index contributed by atoms with van der Waals surface area (Å²) in [4.78, 5) is 24.9. The van der Waals surface area contributed by atoms with Crippen LogP contribution in [-0.2, 0) is 21.2 Å². The molecule has 0 spiro atoms. The second-order valence-electron chi connectivity index (χ2n) is 7.79. The topological polar surface area (TPSA) is 101 Å². The zero-order valence-electron chi connectivity index (χ0n) is 16.7. The molecule has 0 bridgehead atoms. The predicted molar refractivity (Wildman–Crippen MR) is 112 cm³/mol. The van der Waals surface area contributed by atoms with Crippen molar-refractivity contribution in [1.29, 1.82) is 0 Å². The maximum absolute atomic E-state index is 14.5. The quantitative estimate of drug-likeness (QED) is 0.530. The molecule has 8 nitrogen and oxygen atoms in total. The maximum atomic E-state index is 14.5. The molecule has 10 heteroatoms. The van der Waals surface area contributed by atoms with Crippen molar-refractivity contribution in [2.75, 3.05) is 24.5 Å². The van der Waals surface area contributed by atoms with E-state index in [1.54, 1.807) is 6.07 Å². The molecule has 0 saturated carbocycles. The van der Waals surface area contributed by atoms with E-state index >= 15 is 0 Å². The second kappa shape index (κ2) is 8.35. The number of non-ortho nitro benzene ring substituents is 1. The van der Waals surface area contributed by atoms with Gasteiger partial charge in [0.05, 0.1) is 21.4 Å². The van der Waals surface area contributed by atoms with Crippen LogP contribution < -0.4 is 4.90 Å². The summed E-state index contributed by atoms with van der Waals surface area (Å²) < 4.78 is 41.8. The molecule has 1 amide bonds. The number of hydrogen-bond acceptors (Lipinski definition) is 5. The lowest BCUT2D eigenvalue weighted by Crippen LogP contribution is -2.48. The van der Waals surface area contributed by atoms with Gasteiger partial charge >= 0.3 is 0 Å². The average molecular weight is 447 g/mol. The number of anilines is 1. The minimum Gasteiger partial charge on any atom is -0.309 e. The van der Waals surface area contributed by atoms with Crippen LogP contribution in [0.2, 0.25) is 0 Å². The number of carbonyl (C=O) groups excluding carboxylic acids is 1. The lowest BCUT2D eigenvalue weighted by Gasteiger charge is -2.36. The molecule has 2 aliphatic heterocycles. The van der Waals surface area contributed by atoms with E-state index in [-0.39, 0.29) is 29.6 Å². The molecule has 31 heavy (non-hydrogen) atoms. The van der Waals surface area contributed by atoms with Gasteiger partial charge in [0.25, 0.3) is 5.69 Å². The maximum Gasteiger partial charge on any atom is 0.269 e. The summed E-state index contributed by atoms with van der Waals surface area (Å²) in [6.07, 6.45) is 2.44. The number of fused-ring (bicyclic) bond motifs is 1. The zero-order valence-corrected chi connectivity index (χ0v) is 17.6. The Morgan fingerprint density at radius 1 is 1.10 bits per heavy atom. The van der Waals surface area contributed by atoms with Crippen molar-refractivity contribution < 1.29 is 22.5 Å². The van der Waals surface area contributed by atoms with Gasteiger partial charge in [0, 0.05) is 31.8 Å². The number of benzene rings is 2. The van der Waals surface area contributed by atoms with Crippen LogP contribution in [0.25, 0.3) is 0 Å². The molecule has 1 atom stereocenters. The summed E-state index contributed by atoms with van der Waals surface area (Å²) in [5, 5.41) is 10.8. The van der Waals surface area contributed by atoms with Crippen molar-refractivity contribution in [3.05, 3.63) is 64.0 Å². The van der Waals surface area contributed by atoms with Crippen LogP contribution >= 0.6 is 0 Å². The second-order valence-corrected chi connectivity index (χ2v) is 9.73. The lowest BCUT2D eigenvalue weighted by molar-refractivity contribution is -0.384. The van der Waals surface area contributed by atoms with Crippen molar-refractivity contribution in [3.63, 3.8) is 0 Å². The number of amides is 1. The standard InChI is InChI=1S/C21H22FN3O5S/c22-19-7-1-4-15-5-3-13-24(20(15)19)21(26)16-6-2-12-23(14-16)31(29,30)18-10-8-17(9-11-18)25(27)28/h1,4,7-11,16H,2-3,5-6,12-14H2. The Labute approximate surface area is 179 Å². The Balaban J connectivity index is 1.55. The number of carbonyl (C=O) groups is 1. The molecule has 2 aromatic rings. The first-order chi connectivity index (χ1) is 14.8. The minimum atomic E-state index is -3.90. The highest BCUT2D eigenvalue weighted by atomic mass is 32.2. The van der Waals surface area contributed by atoms with Crippen LogP contribution in [0, 0.1) is 21.8 Å². The Morgan fingerprint density at radius 3 is 2.55 bits per heavy atom. The van der Waals surface area contributed by atoms with Crippen LogP contribution in [0.3, 0.4) is 0 Å². The number of nitro groups is 1. The normalized spacial score (nSPS) is 19.6. The highest BCUT2D eigenvalue weighted by Crippen LogP contribution is 2.33. The van der Waals surface area contributed by atoms with Crippen LogP contribution in [0.15, 0.2) is 47.4 Å². The van der Waals surface area contributed by atoms with Gasteiger partial charge in [0.15, 0.2) is 0 Å². The third-order valence-corrected chi connectivity index (χ3v) is 7.73. The average Bonchev–Trinajstić information content (AvgIpc) is 2.78. The van der Waals surface area contributed by atoms with E-state index in [1.165, 1.54) is 27.4 Å². The number of sulfonamides is 1. The Kier molecular flexibility index (Phi) is 5.76. The lowest BCUT2D eigenvalue weighted by atomic mass is 9.95. The number of nitro benzene ring substituents is 1. The van der Waals surface area contributed by atoms with Crippen LogP contribution in [0.5, 0.6) is 0 Å². The van der Waals surface area contributed by atoms with E-state index in [9.17, 15) is 27.7 Å². The van der Waals surface area contributed by atoms with Crippen LogP contribution in [-0.4, -0.2) is 43.2 Å². The van der Waals surface area contributed by atoms with Crippen molar-refractivity contribution in [2.45, 2.75) is 30.6 Å². The summed E-state index contributed by atoms with van der Waals surface area (Å²) in [6.45, 7) is 0.658. The highest BCUT2D eigenvalue weighted by molar-refractivity contribution is 7.89. The van der Waals surface area contributed by atoms with E-state index in [4.69, 9.17) is 0 Å². The molecule has 1 saturated heterocycles. The molecule has 0 aromatic heterocycles. The van der Waals surface area contributed by atoms with Gasteiger partial charge in [-0.2, -0.15) is 4.31 Å². The predicted octanol–water partition coefficient (Wildman–Crippen LogP) is 3.11. The molecular weight excluding hydrogens is 425 g/mol. The van der Waals surface area contributed by atoms with Gasteiger partial charge in [-0.3, -0.25) is 14.9 Å². The number of hydrogen-bond donors (Lipinski definition) is 0. The number of rotatable bonds is 4. The first-order valence-corrected chi connectivity index (χ1v) is 11.6. The van der Waals surface area contributed by atoms with Crippen LogP contribution in [0.1, 0.15) is 24.8 Å².